The van der Waals surface area contributed by atoms with Crippen molar-refractivity contribution in [3.05, 3.63) is 59.5 Å². The second kappa shape index (κ2) is 10.5. The van der Waals surface area contributed by atoms with Crippen LogP contribution in [0.1, 0.15) is 27.2 Å². The summed E-state index contributed by atoms with van der Waals surface area (Å²) in [5.41, 5.74) is 2.00. The van der Waals surface area contributed by atoms with E-state index in [4.69, 9.17) is 14.2 Å². The van der Waals surface area contributed by atoms with Gasteiger partial charge >= 0.3 is 11.9 Å². The first-order chi connectivity index (χ1) is 14.0. The summed E-state index contributed by atoms with van der Waals surface area (Å²) in [7, 11) is 0. The molecule has 1 N–H and O–H groups in total. The fraction of sp³-hybridized carbons (Fsp3) is 0.364. The van der Waals surface area contributed by atoms with Gasteiger partial charge in [0.05, 0.1) is 42.4 Å². The molecule has 2 rings (SSSR count). The quantitative estimate of drug-likeness (QED) is 0.503. The molecule has 29 heavy (non-hydrogen) atoms. The number of aliphatic hydroxyl groups is 1. The zero-order chi connectivity index (χ0) is 21.4. The van der Waals surface area contributed by atoms with E-state index in [-0.39, 0.29) is 31.8 Å². The van der Waals surface area contributed by atoms with Gasteiger partial charge in [-0.2, -0.15) is 0 Å². The smallest absolute Gasteiger partial charge is 0.336 e. The molecule has 1 heterocycles. The lowest BCUT2D eigenvalue weighted by Crippen LogP contribution is -2.34. The first-order valence-electron chi connectivity index (χ1n) is 9.49. The van der Waals surface area contributed by atoms with Crippen molar-refractivity contribution in [3.63, 3.8) is 0 Å². The molecule has 1 aromatic carbocycles. The molecular weight excluding hydrogens is 374 g/mol. The lowest BCUT2D eigenvalue weighted by atomic mass is 9.95. The third-order valence-electron chi connectivity index (χ3n) is 4.40. The van der Waals surface area contributed by atoms with Gasteiger partial charge in [0.15, 0.2) is 0 Å². The van der Waals surface area contributed by atoms with Crippen molar-refractivity contribution in [2.75, 3.05) is 31.3 Å². The Hall–Kier alpha value is -3.06. The van der Waals surface area contributed by atoms with Crippen LogP contribution in [0.2, 0.25) is 0 Å². The second-order valence-corrected chi connectivity index (χ2v) is 6.17. The van der Waals surface area contributed by atoms with E-state index in [9.17, 15) is 14.7 Å². The summed E-state index contributed by atoms with van der Waals surface area (Å²) in [5, 5.41) is 10.1. The van der Waals surface area contributed by atoms with Crippen LogP contribution in [0.3, 0.4) is 0 Å². The van der Waals surface area contributed by atoms with Crippen molar-refractivity contribution >= 4 is 17.6 Å². The van der Waals surface area contributed by atoms with Crippen molar-refractivity contribution in [1.29, 1.82) is 0 Å². The molecule has 1 aliphatic rings. The summed E-state index contributed by atoms with van der Waals surface area (Å²) in [6, 6.07) is 7.17. The van der Waals surface area contributed by atoms with Crippen LogP contribution < -0.4 is 9.64 Å². The average Bonchev–Trinajstić information content (AvgIpc) is 2.72. The minimum atomic E-state index is -0.583. The highest BCUT2D eigenvalue weighted by Gasteiger charge is 2.34. The number of benzene rings is 1. The Bertz CT molecular complexity index is 839. The van der Waals surface area contributed by atoms with Gasteiger partial charge < -0.3 is 24.2 Å². The topological polar surface area (TPSA) is 85.3 Å². The number of carbonyl (C=O) groups excluding carboxylic acids is 2. The molecular formula is C22H27NO6. The number of esters is 2. The van der Waals surface area contributed by atoms with E-state index in [0.717, 1.165) is 0 Å². The number of nitrogens with zero attached hydrogens (tertiary/aromatic N) is 1. The molecule has 1 aromatic rings. The summed E-state index contributed by atoms with van der Waals surface area (Å²) >= 11 is 0. The van der Waals surface area contributed by atoms with E-state index in [1.165, 1.54) is 0 Å². The van der Waals surface area contributed by atoms with Crippen LogP contribution in [0.5, 0.6) is 5.75 Å². The van der Waals surface area contributed by atoms with Crippen molar-refractivity contribution in [2.45, 2.75) is 27.2 Å². The lowest BCUT2D eigenvalue weighted by Gasteiger charge is -2.35. The number of hydrogen-bond donors (Lipinski definition) is 1. The Morgan fingerprint density at radius 1 is 1.14 bits per heavy atom. The first-order valence-corrected chi connectivity index (χ1v) is 9.49. The molecule has 7 heteroatoms. The summed E-state index contributed by atoms with van der Waals surface area (Å²) < 4.78 is 16.1. The number of allylic oxidation sites excluding steroid dienone is 1. The van der Waals surface area contributed by atoms with Gasteiger partial charge in [-0.1, -0.05) is 24.8 Å². The average molecular weight is 401 g/mol. The van der Waals surface area contributed by atoms with E-state index in [2.05, 4.69) is 6.58 Å². The minimum absolute atomic E-state index is 0.0194. The number of ether oxygens (including phenoxy) is 3. The predicted octanol–water partition coefficient (Wildman–Crippen LogP) is 3.11. The molecule has 0 amide bonds. The Morgan fingerprint density at radius 3 is 2.34 bits per heavy atom. The first kappa shape index (κ1) is 22.2. The molecule has 7 nitrogen and oxygen atoms in total. The summed E-state index contributed by atoms with van der Waals surface area (Å²) in [4.78, 5) is 26.8. The maximum Gasteiger partial charge on any atom is 0.336 e. The molecule has 0 fully saturated rings. The maximum absolute atomic E-state index is 12.6. The summed E-state index contributed by atoms with van der Waals surface area (Å²) in [6.45, 7) is 9.06. The fourth-order valence-corrected chi connectivity index (χ4v) is 3.13. The summed E-state index contributed by atoms with van der Waals surface area (Å²) in [5.74, 6) is -0.579. The van der Waals surface area contributed by atoms with Gasteiger partial charge in [0.2, 0.25) is 0 Å². The van der Waals surface area contributed by atoms with Gasteiger partial charge in [0.1, 0.15) is 12.4 Å². The Kier molecular flexibility index (Phi) is 8.03. The third kappa shape index (κ3) is 4.86. The predicted molar refractivity (Wildman–Crippen MR) is 109 cm³/mol. The van der Waals surface area contributed by atoms with Crippen LogP contribution in [0, 0.1) is 0 Å². The van der Waals surface area contributed by atoms with Crippen LogP contribution in [0.15, 0.2) is 59.5 Å². The van der Waals surface area contributed by atoms with Gasteiger partial charge in [0, 0.05) is 12.1 Å². The fourth-order valence-electron chi connectivity index (χ4n) is 3.13. The van der Waals surface area contributed by atoms with E-state index < -0.39 is 18.5 Å². The number of hydrogen-bond acceptors (Lipinski definition) is 7. The molecule has 0 bridgehead atoms. The number of rotatable bonds is 9. The largest absolute Gasteiger partial charge is 0.487 e. The molecule has 0 unspecified atom stereocenters. The number of carbonyl (C=O) groups is 2. The number of para-hydroxylation sites is 2. The van der Waals surface area contributed by atoms with Crippen LogP contribution in [-0.4, -0.2) is 43.5 Å². The molecule has 0 aliphatic carbocycles. The van der Waals surface area contributed by atoms with E-state index >= 15 is 0 Å². The Labute approximate surface area is 170 Å². The Morgan fingerprint density at radius 2 is 1.76 bits per heavy atom. The van der Waals surface area contributed by atoms with E-state index in [1.807, 2.05) is 6.07 Å². The van der Waals surface area contributed by atoms with E-state index in [1.54, 1.807) is 49.9 Å². The maximum atomic E-state index is 12.6. The zero-order valence-corrected chi connectivity index (χ0v) is 17.1. The lowest BCUT2D eigenvalue weighted by molar-refractivity contribution is -0.139. The molecule has 0 saturated carbocycles. The molecule has 0 aromatic heterocycles. The molecule has 1 aliphatic heterocycles. The number of aliphatic hydroxyl groups excluding tert-OH is 1. The van der Waals surface area contributed by atoms with Crippen LogP contribution in [0.4, 0.5) is 5.69 Å². The molecule has 0 atom stereocenters. The standard InChI is InChI=1S/C22H27NO6/c1-5-12-29-20-11-9-8-10-18(20)23-15(4)16(21(25)27-6-2)13-17(19(23)14-24)22(26)28-7-3/h5,8-11,24H,1,6-7,12-14H2,2-4H3. The van der Waals surface area contributed by atoms with Crippen molar-refractivity contribution in [1.82, 2.24) is 0 Å². The van der Waals surface area contributed by atoms with Gasteiger partial charge in [-0.25, -0.2) is 9.59 Å². The van der Waals surface area contributed by atoms with E-state index in [0.29, 0.717) is 28.4 Å². The minimum Gasteiger partial charge on any atom is -0.487 e. The zero-order valence-electron chi connectivity index (χ0n) is 17.1. The van der Waals surface area contributed by atoms with Crippen molar-refractivity contribution in [2.24, 2.45) is 0 Å². The highest BCUT2D eigenvalue weighted by Crippen LogP contribution is 2.40. The third-order valence-corrected chi connectivity index (χ3v) is 4.40. The number of anilines is 1. The van der Waals surface area contributed by atoms with Gasteiger partial charge in [-0.15, -0.1) is 0 Å². The highest BCUT2D eigenvalue weighted by molar-refractivity contribution is 5.99. The van der Waals surface area contributed by atoms with Gasteiger partial charge in [-0.05, 0) is 32.9 Å². The van der Waals surface area contributed by atoms with Crippen LogP contribution in [0.25, 0.3) is 0 Å². The summed E-state index contributed by atoms with van der Waals surface area (Å²) in [6.07, 6.45) is 1.64. The molecule has 156 valence electrons. The van der Waals surface area contributed by atoms with Gasteiger partial charge in [0.25, 0.3) is 0 Å². The van der Waals surface area contributed by atoms with Crippen molar-refractivity contribution in [3.8, 4) is 5.75 Å². The monoisotopic (exact) mass is 401 g/mol. The highest BCUT2D eigenvalue weighted by atomic mass is 16.5. The van der Waals surface area contributed by atoms with Gasteiger partial charge in [-0.3, -0.25) is 0 Å². The second-order valence-electron chi connectivity index (χ2n) is 6.17. The molecule has 0 radical (unpaired) electrons. The van der Waals surface area contributed by atoms with Crippen LogP contribution >= 0.6 is 0 Å². The SMILES string of the molecule is C=CCOc1ccccc1N1C(C)=C(C(=O)OCC)CC(C(=O)OCC)=C1CO. The molecule has 0 spiro atoms. The van der Waals surface area contributed by atoms with Crippen LogP contribution in [-0.2, 0) is 19.1 Å². The Balaban J connectivity index is 2.67. The van der Waals surface area contributed by atoms with Crippen molar-refractivity contribution < 1.29 is 28.9 Å². The normalized spacial score (nSPS) is 14.0. The molecule has 0 saturated heterocycles.